The molecular formula is C20H17BrN2O2. The number of nitrogens with one attached hydrogen (secondary N) is 2. The first kappa shape index (κ1) is 17.0. The highest BCUT2D eigenvalue weighted by Gasteiger charge is 2.11. The molecule has 4 nitrogen and oxygen atoms in total. The Morgan fingerprint density at radius 3 is 2.32 bits per heavy atom. The number of hydrogen-bond acceptors (Lipinski definition) is 3. The van der Waals surface area contributed by atoms with E-state index in [1.54, 1.807) is 19.2 Å². The van der Waals surface area contributed by atoms with Crippen molar-refractivity contribution in [2.45, 2.75) is 0 Å². The van der Waals surface area contributed by atoms with Crippen molar-refractivity contribution in [3.05, 3.63) is 82.8 Å². The maximum Gasteiger partial charge on any atom is 0.259 e. The molecule has 0 spiro atoms. The van der Waals surface area contributed by atoms with E-state index in [0.29, 0.717) is 11.3 Å². The van der Waals surface area contributed by atoms with Gasteiger partial charge in [0.2, 0.25) is 0 Å². The highest BCUT2D eigenvalue weighted by Crippen LogP contribution is 2.23. The van der Waals surface area contributed by atoms with Crippen LogP contribution >= 0.6 is 15.9 Å². The molecule has 2 N–H and O–H groups in total. The van der Waals surface area contributed by atoms with Crippen LogP contribution in [0.5, 0.6) is 5.75 Å². The number of ether oxygens (including phenoxy) is 1. The van der Waals surface area contributed by atoms with Crippen LogP contribution in [-0.4, -0.2) is 13.0 Å². The molecule has 3 aromatic rings. The van der Waals surface area contributed by atoms with Crippen molar-refractivity contribution in [1.29, 1.82) is 0 Å². The Balaban J connectivity index is 1.69. The van der Waals surface area contributed by atoms with Gasteiger partial charge >= 0.3 is 0 Å². The number of benzene rings is 3. The third kappa shape index (κ3) is 4.39. The molecule has 0 aromatic heterocycles. The molecule has 0 atom stereocenters. The predicted octanol–water partition coefficient (Wildman–Crippen LogP) is 5.45. The summed E-state index contributed by atoms with van der Waals surface area (Å²) in [6.07, 6.45) is 0. The minimum Gasteiger partial charge on any atom is -0.496 e. The van der Waals surface area contributed by atoms with Crippen LogP contribution in [0.4, 0.5) is 17.1 Å². The molecule has 3 aromatic carbocycles. The summed E-state index contributed by atoms with van der Waals surface area (Å²) >= 11 is 3.45. The molecule has 5 heteroatoms. The minimum atomic E-state index is -0.204. The van der Waals surface area contributed by atoms with E-state index in [1.165, 1.54) is 0 Å². The highest BCUT2D eigenvalue weighted by molar-refractivity contribution is 9.10. The van der Waals surface area contributed by atoms with Crippen molar-refractivity contribution in [2.75, 3.05) is 17.7 Å². The van der Waals surface area contributed by atoms with E-state index in [2.05, 4.69) is 26.6 Å². The number of carbonyl (C=O) groups excluding carboxylic acids is 1. The van der Waals surface area contributed by atoms with Crippen molar-refractivity contribution in [3.63, 3.8) is 0 Å². The number of rotatable bonds is 5. The van der Waals surface area contributed by atoms with Crippen LogP contribution in [0.25, 0.3) is 0 Å². The zero-order valence-electron chi connectivity index (χ0n) is 13.6. The first-order valence-corrected chi connectivity index (χ1v) is 8.52. The van der Waals surface area contributed by atoms with E-state index >= 15 is 0 Å². The van der Waals surface area contributed by atoms with E-state index in [4.69, 9.17) is 4.74 Å². The fraction of sp³-hybridized carbons (Fsp3) is 0.0500. The molecule has 0 saturated carbocycles. The molecule has 0 aliphatic heterocycles. The lowest BCUT2D eigenvalue weighted by Crippen LogP contribution is -2.13. The Kier molecular flexibility index (Phi) is 5.36. The summed E-state index contributed by atoms with van der Waals surface area (Å²) in [5, 5.41) is 6.19. The van der Waals surface area contributed by atoms with Gasteiger partial charge in [-0.15, -0.1) is 0 Å². The molecule has 3 rings (SSSR count). The summed E-state index contributed by atoms with van der Waals surface area (Å²) in [4.78, 5) is 12.4. The second-order valence-corrected chi connectivity index (χ2v) is 6.28. The van der Waals surface area contributed by atoms with Crippen LogP contribution in [0.1, 0.15) is 10.4 Å². The van der Waals surface area contributed by atoms with E-state index in [-0.39, 0.29) is 5.91 Å². The average molecular weight is 397 g/mol. The van der Waals surface area contributed by atoms with Crippen molar-refractivity contribution >= 4 is 38.9 Å². The maximum absolute atomic E-state index is 12.4. The number of halogens is 1. The first-order chi connectivity index (χ1) is 12.2. The smallest absolute Gasteiger partial charge is 0.259 e. The number of carbonyl (C=O) groups is 1. The summed E-state index contributed by atoms with van der Waals surface area (Å²) in [6.45, 7) is 0. The molecule has 0 aliphatic rings. The van der Waals surface area contributed by atoms with Crippen LogP contribution in [-0.2, 0) is 0 Å². The van der Waals surface area contributed by atoms with Crippen LogP contribution in [0.3, 0.4) is 0 Å². The van der Waals surface area contributed by atoms with Crippen LogP contribution in [0.15, 0.2) is 77.3 Å². The van der Waals surface area contributed by atoms with Crippen molar-refractivity contribution in [2.24, 2.45) is 0 Å². The predicted molar refractivity (Wildman–Crippen MR) is 105 cm³/mol. The van der Waals surface area contributed by atoms with Gasteiger partial charge in [0, 0.05) is 21.5 Å². The van der Waals surface area contributed by atoms with Gasteiger partial charge in [0.15, 0.2) is 0 Å². The quantitative estimate of drug-likeness (QED) is 0.602. The standard InChI is InChI=1S/C20H17BrN2O2/c1-25-19-8-3-2-7-18(19)20(24)23-16-11-9-15(10-12-16)22-17-6-4-5-14(21)13-17/h2-13,22H,1H3,(H,23,24). The fourth-order valence-electron chi connectivity index (χ4n) is 2.40. The third-order valence-electron chi connectivity index (χ3n) is 3.61. The number of amides is 1. The van der Waals surface area contributed by atoms with Gasteiger partial charge in [-0.05, 0) is 54.6 Å². The average Bonchev–Trinajstić information content (AvgIpc) is 2.63. The van der Waals surface area contributed by atoms with Gasteiger partial charge in [-0.3, -0.25) is 4.79 Å². The number of hydrogen-bond donors (Lipinski definition) is 2. The van der Waals surface area contributed by atoms with Crippen LogP contribution in [0.2, 0.25) is 0 Å². The molecule has 0 bridgehead atoms. The maximum atomic E-state index is 12.4. The number of para-hydroxylation sites is 1. The van der Waals surface area contributed by atoms with Crippen molar-refractivity contribution < 1.29 is 9.53 Å². The van der Waals surface area contributed by atoms with Gasteiger partial charge < -0.3 is 15.4 Å². The zero-order valence-corrected chi connectivity index (χ0v) is 15.2. The van der Waals surface area contributed by atoms with E-state index in [1.807, 2.05) is 60.7 Å². The second kappa shape index (κ2) is 7.85. The molecule has 0 fully saturated rings. The Bertz CT molecular complexity index is 879. The first-order valence-electron chi connectivity index (χ1n) is 7.73. The lowest BCUT2D eigenvalue weighted by molar-refractivity contribution is 0.102. The SMILES string of the molecule is COc1ccccc1C(=O)Nc1ccc(Nc2cccc(Br)c2)cc1. The summed E-state index contributed by atoms with van der Waals surface area (Å²) in [6, 6.07) is 22.6. The van der Waals surface area contributed by atoms with Gasteiger partial charge in [-0.2, -0.15) is 0 Å². The largest absolute Gasteiger partial charge is 0.496 e. The molecule has 126 valence electrons. The summed E-state index contributed by atoms with van der Waals surface area (Å²) in [7, 11) is 1.55. The molecule has 0 saturated heterocycles. The number of anilines is 3. The Labute approximate surface area is 155 Å². The van der Waals surface area contributed by atoms with Crippen molar-refractivity contribution in [3.8, 4) is 5.75 Å². The zero-order chi connectivity index (χ0) is 17.6. The summed E-state index contributed by atoms with van der Waals surface area (Å²) < 4.78 is 6.24. The molecular weight excluding hydrogens is 380 g/mol. The van der Waals surface area contributed by atoms with Crippen molar-refractivity contribution in [1.82, 2.24) is 0 Å². The Morgan fingerprint density at radius 1 is 0.880 bits per heavy atom. The van der Waals surface area contributed by atoms with Gasteiger partial charge in [0.25, 0.3) is 5.91 Å². The second-order valence-electron chi connectivity index (χ2n) is 5.37. The summed E-state index contributed by atoms with van der Waals surface area (Å²) in [5.41, 5.74) is 3.14. The van der Waals surface area contributed by atoms with E-state index in [9.17, 15) is 4.79 Å². The molecule has 25 heavy (non-hydrogen) atoms. The highest BCUT2D eigenvalue weighted by atomic mass is 79.9. The van der Waals surface area contributed by atoms with Gasteiger partial charge in [-0.1, -0.05) is 34.1 Å². The normalized spacial score (nSPS) is 10.2. The molecule has 0 heterocycles. The lowest BCUT2D eigenvalue weighted by Gasteiger charge is -2.10. The molecule has 1 amide bonds. The monoisotopic (exact) mass is 396 g/mol. The van der Waals surface area contributed by atoms with Gasteiger partial charge in [0.05, 0.1) is 12.7 Å². The van der Waals surface area contributed by atoms with E-state index in [0.717, 1.165) is 21.5 Å². The molecule has 0 radical (unpaired) electrons. The summed E-state index contributed by atoms with van der Waals surface area (Å²) in [5.74, 6) is 0.345. The van der Waals surface area contributed by atoms with E-state index < -0.39 is 0 Å². The van der Waals surface area contributed by atoms with Crippen LogP contribution in [0, 0.1) is 0 Å². The fourth-order valence-corrected chi connectivity index (χ4v) is 2.80. The van der Waals surface area contributed by atoms with Gasteiger partial charge in [0.1, 0.15) is 5.75 Å². The Morgan fingerprint density at radius 2 is 1.60 bits per heavy atom. The topological polar surface area (TPSA) is 50.4 Å². The van der Waals surface area contributed by atoms with Gasteiger partial charge in [-0.25, -0.2) is 0 Å². The lowest BCUT2D eigenvalue weighted by atomic mass is 10.2. The number of methoxy groups -OCH3 is 1. The molecule has 0 aliphatic carbocycles. The third-order valence-corrected chi connectivity index (χ3v) is 4.10. The molecule has 0 unspecified atom stereocenters. The minimum absolute atomic E-state index is 0.204. The van der Waals surface area contributed by atoms with Crippen LogP contribution < -0.4 is 15.4 Å². The Hall–Kier alpha value is -2.79.